The van der Waals surface area contributed by atoms with E-state index >= 15 is 0 Å². The molecular weight excluding hydrogens is 622 g/mol. The molecule has 3 aliphatic rings. The summed E-state index contributed by atoms with van der Waals surface area (Å²) in [6, 6.07) is 16.5. The van der Waals surface area contributed by atoms with Crippen LogP contribution >= 0.6 is 0 Å². The van der Waals surface area contributed by atoms with E-state index in [1.165, 1.54) is 0 Å². The minimum absolute atomic E-state index is 0.0857. The number of rotatable bonds is 17. The minimum atomic E-state index is -1.24. The lowest BCUT2D eigenvalue weighted by Crippen LogP contribution is -2.59. The molecule has 8 atom stereocenters. The number of amides is 3. The van der Waals surface area contributed by atoms with Crippen LogP contribution in [-0.2, 0) is 35.2 Å². The average molecular weight is 672 g/mol. The largest absolute Gasteiger partial charge is 0.463 e. The van der Waals surface area contributed by atoms with Crippen molar-refractivity contribution in [2.45, 2.75) is 82.3 Å². The number of ether oxygens (including phenoxy) is 2. The fourth-order valence-electron chi connectivity index (χ4n) is 7.85. The maximum absolute atomic E-state index is 14.8. The third kappa shape index (κ3) is 7.21. The number of fused-ring (bicyclic) bond motifs is 1. The summed E-state index contributed by atoms with van der Waals surface area (Å²) in [6.45, 7) is 11.6. The summed E-state index contributed by atoms with van der Waals surface area (Å²) in [5.74, 6) is -3.37. The standard InChI is InChI=1S/C39H49N3O7/c1-5-8-19-32(44)48-25-29(28-17-13-10-14-18-28)40-36(45)33-31-20-21-39(49-31)34(33)37(46)42(30(24-43)26(4)7-3)35(39)38(47)41(22-6-2)23-27-15-11-9-12-16-27/h5-6,9-18,26,29-31,33-35,43H,1-2,7-8,19-25H2,3-4H3,(H,40,45)/t26-,29+,30-,31+,33-,34-,35+,39-/m0/s1. The van der Waals surface area contributed by atoms with E-state index in [2.05, 4.69) is 18.5 Å². The van der Waals surface area contributed by atoms with Crippen LogP contribution in [0.3, 0.4) is 0 Å². The number of allylic oxidation sites excluding steroid dienone is 1. The van der Waals surface area contributed by atoms with Gasteiger partial charge in [0, 0.05) is 19.5 Å². The summed E-state index contributed by atoms with van der Waals surface area (Å²) in [5.41, 5.74) is 0.433. The molecule has 0 aromatic heterocycles. The highest BCUT2D eigenvalue weighted by molar-refractivity contribution is 5.99. The van der Waals surface area contributed by atoms with Gasteiger partial charge in [0.1, 0.15) is 18.2 Å². The molecule has 2 N–H and O–H groups in total. The van der Waals surface area contributed by atoms with Crippen molar-refractivity contribution in [1.82, 2.24) is 15.1 Å². The van der Waals surface area contributed by atoms with Gasteiger partial charge in [0.15, 0.2) is 0 Å². The summed E-state index contributed by atoms with van der Waals surface area (Å²) >= 11 is 0. The number of nitrogens with one attached hydrogen (secondary N) is 1. The lowest BCUT2D eigenvalue weighted by atomic mass is 9.70. The zero-order chi connectivity index (χ0) is 35.1. The van der Waals surface area contributed by atoms with Gasteiger partial charge in [0.05, 0.1) is 36.6 Å². The molecule has 3 saturated heterocycles. The molecule has 1 spiro atoms. The van der Waals surface area contributed by atoms with Crippen LogP contribution in [0.4, 0.5) is 0 Å². The Hall–Kier alpha value is -4.28. The number of carbonyl (C=O) groups excluding carboxylic acids is 4. The number of aliphatic hydroxyl groups excluding tert-OH is 1. The summed E-state index contributed by atoms with van der Waals surface area (Å²) < 4.78 is 12.2. The molecule has 0 unspecified atom stereocenters. The van der Waals surface area contributed by atoms with Crippen molar-refractivity contribution >= 4 is 23.7 Å². The molecule has 2 aromatic carbocycles. The van der Waals surface area contributed by atoms with Crippen LogP contribution in [0.25, 0.3) is 0 Å². The van der Waals surface area contributed by atoms with Gasteiger partial charge in [0.25, 0.3) is 0 Å². The highest BCUT2D eigenvalue weighted by Gasteiger charge is 2.75. The van der Waals surface area contributed by atoms with Crippen LogP contribution in [0.5, 0.6) is 0 Å². The average Bonchev–Trinajstić information content (AvgIpc) is 3.77. The Kier molecular flexibility index (Phi) is 11.7. The molecule has 3 fully saturated rings. The van der Waals surface area contributed by atoms with Gasteiger partial charge in [-0.15, -0.1) is 13.2 Å². The first kappa shape index (κ1) is 36.0. The fourth-order valence-corrected chi connectivity index (χ4v) is 7.85. The van der Waals surface area contributed by atoms with Crippen molar-refractivity contribution < 1.29 is 33.8 Å². The van der Waals surface area contributed by atoms with Gasteiger partial charge in [-0.3, -0.25) is 19.2 Å². The van der Waals surface area contributed by atoms with Crippen molar-refractivity contribution in [3.8, 4) is 0 Å². The second kappa shape index (κ2) is 16.0. The third-order valence-corrected chi connectivity index (χ3v) is 10.5. The normalized spacial score (nSPS) is 25.6. The molecule has 10 heteroatoms. The van der Waals surface area contributed by atoms with Crippen LogP contribution in [0.2, 0.25) is 0 Å². The maximum atomic E-state index is 14.8. The predicted octanol–water partition coefficient (Wildman–Crippen LogP) is 4.35. The Bertz CT molecular complexity index is 1500. The van der Waals surface area contributed by atoms with Gasteiger partial charge in [0.2, 0.25) is 17.7 Å². The Morgan fingerprint density at radius 2 is 1.82 bits per heavy atom. The fraction of sp³-hybridized carbons (Fsp3) is 0.487. The van der Waals surface area contributed by atoms with Crippen LogP contribution in [0, 0.1) is 17.8 Å². The monoisotopic (exact) mass is 671 g/mol. The molecule has 2 aromatic rings. The van der Waals surface area contributed by atoms with Crippen molar-refractivity contribution in [3.63, 3.8) is 0 Å². The zero-order valence-electron chi connectivity index (χ0n) is 28.5. The van der Waals surface area contributed by atoms with E-state index < -0.39 is 53.5 Å². The lowest BCUT2D eigenvalue weighted by Gasteiger charge is -2.41. The number of likely N-dealkylation sites (tertiary alicyclic amines) is 1. The van der Waals surface area contributed by atoms with Crippen molar-refractivity contribution in [2.24, 2.45) is 17.8 Å². The van der Waals surface area contributed by atoms with Crippen LogP contribution in [0.1, 0.15) is 63.1 Å². The molecule has 3 aliphatic heterocycles. The predicted molar refractivity (Wildman–Crippen MR) is 185 cm³/mol. The first-order valence-corrected chi connectivity index (χ1v) is 17.4. The molecule has 262 valence electrons. The summed E-state index contributed by atoms with van der Waals surface area (Å²) in [5, 5.41) is 13.8. The zero-order valence-corrected chi connectivity index (χ0v) is 28.5. The van der Waals surface area contributed by atoms with Crippen LogP contribution < -0.4 is 5.32 Å². The molecule has 3 amide bonds. The molecule has 10 nitrogen and oxygen atoms in total. The number of benzene rings is 2. The molecular formula is C39H49N3O7. The SMILES string of the molecule is C=CCCC(=O)OC[C@@H](NC(=O)[C@@H]1[C@H]2C(=O)N([C@@H](CO)[C@@H](C)CC)[C@H](C(=O)N(CC=C)Cc3ccccc3)[C@]23CC[C@H]1O3)c1ccccc1. The van der Waals surface area contributed by atoms with Crippen LogP contribution in [-0.4, -0.2) is 82.1 Å². The number of hydrogen-bond donors (Lipinski definition) is 2. The molecule has 3 heterocycles. The van der Waals surface area contributed by atoms with Gasteiger partial charge in [-0.25, -0.2) is 0 Å². The summed E-state index contributed by atoms with van der Waals surface area (Å²) in [7, 11) is 0. The Morgan fingerprint density at radius 1 is 1.12 bits per heavy atom. The van der Waals surface area contributed by atoms with E-state index in [1.807, 2.05) is 74.5 Å². The Balaban J connectivity index is 1.48. The second-order valence-corrected chi connectivity index (χ2v) is 13.4. The lowest BCUT2D eigenvalue weighted by molar-refractivity contribution is -0.153. The van der Waals surface area contributed by atoms with Crippen molar-refractivity contribution in [3.05, 3.63) is 97.1 Å². The van der Waals surface area contributed by atoms with Crippen molar-refractivity contribution in [1.29, 1.82) is 0 Å². The second-order valence-electron chi connectivity index (χ2n) is 13.4. The smallest absolute Gasteiger partial charge is 0.306 e. The first-order valence-electron chi connectivity index (χ1n) is 17.4. The van der Waals surface area contributed by atoms with E-state index in [1.54, 1.807) is 22.0 Å². The number of aliphatic hydroxyl groups is 1. The highest BCUT2D eigenvalue weighted by atomic mass is 16.5. The molecule has 0 radical (unpaired) electrons. The molecule has 0 saturated carbocycles. The van der Waals surface area contributed by atoms with Gasteiger partial charge < -0.3 is 29.7 Å². The van der Waals surface area contributed by atoms with E-state index in [0.717, 1.165) is 11.1 Å². The molecule has 49 heavy (non-hydrogen) atoms. The topological polar surface area (TPSA) is 125 Å². The first-order chi connectivity index (χ1) is 23.7. The maximum Gasteiger partial charge on any atom is 0.306 e. The van der Waals surface area contributed by atoms with Crippen LogP contribution in [0.15, 0.2) is 86.0 Å². The van der Waals surface area contributed by atoms with Gasteiger partial charge >= 0.3 is 5.97 Å². The van der Waals surface area contributed by atoms with E-state index in [4.69, 9.17) is 9.47 Å². The molecule has 5 rings (SSSR count). The number of carbonyl (C=O) groups is 4. The minimum Gasteiger partial charge on any atom is -0.463 e. The Morgan fingerprint density at radius 3 is 2.45 bits per heavy atom. The van der Waals surface area contributed by atoms with E-state index in [0.29, 0.717) is 32.2 Å². The number of hydrogen-bond acceptors (Lipinski definition) is 7. The summed E-state index contributed by atoms with van der Waals surface area (Å²) in [6.07, 6.45) is 4.99. The van der Waals surface area contributed by atoms with E-state index in [-0.39, 0.29) is 43.9 Å². The number of nitrogens with zero attached hydrogens (tertiary/aromatic N) is 2. The van der Waals surface area contributed by atoms with Gasteiger partial charge in [-0.2, -0.15) is 0 Å². The van der Waals surface area contributed by atoms with Gasteiger partial charge in [-0.05, 0) is 36.3 Å². The van der Waals surface area contributed by atoms with Gasteiger partial charge in [-0.1, -0.05) is 93.1 Å². The quantitative estimate of drug-likeness (QED) is 0.189. The third-order valence-electron chi connectivity index (χ3n) is 10.5. The molecule has 0 aliphatic carbocycles. The van der Waals surface area contributed by atoms with Crippen molar-refractivity contribution in [2.75, 3.05) is 19.8 Å². The number of esters is 1. The summed E-state index contributed by atoms with van der Waals surface area (Å²) in [4.78, 5) is 59.4. The molecule has 2 bridgehead atoms. The Labute approximate surface area is 289 Å². The van der Waals surface area contributed by atoms with E-state index in [9.17, 15) is 24.3 Å². The highest BCUT2D eigenvalue weighted by Crippen LogP contribution is 2.59.